The third-order valence-electron chi connectivity index (χ3n) is 6.66. The van der Waals surface area contributed by atoms with Gasteiger partial charge in [-0.05, 0) is 69.9 Å². The average Bonchev–Trinajstić information content (AvgIpc) is 3.22. The van der Waals surface area contributed by atoms with Crippen molar-refractivity contribution in [2.75, 3.05) is 18.6 Å². The Balaban J connectivity index is 1.49. The standard InChI is InChI=1S/C24H29BFNO4/c1-23(2)24(3,4)31-25(30-23)19-14-17-11-12-27(21(17)15-20(19)26)22(28)10-9-16-7-6-8-18(13-16)29-5/h6-8,13-15H,9-12H2,1-5H3. The topological polar surface area (TPSA) is 48.0 Å². The lowest BCUT2D eigenvalue weighted by Gasteiger charge is -2.32. The number of ether oxygens (including phenoxy) is 1. The quantitative estimate of drug-likeness (QED) is 0.687. The average molecular weight is 425 g/mol. The van der Waals surface area contributed by atoms with Gasteiger partial charge in [-0.2, -0.15) is 0 Å². The molecule has 0 spiro atoms. The minimum absolute atomic E-state index is 0.00986. The van der Waals surface area contributed by atoms with Gasteiger partial charge in [0.05, 0.1) is 18.3 Å². The zero-order valence-corrected chi connectivity index (χ0v) is 18.8. The van der Waals surface area contributed by atoms with Crippen LogP contribution in [0.5, 0.6) is 5.75 Å². The Hall–Kier alpha value is -2.38. The summed E-state index contributed by atoms with van der Waals surface area (Å²) in [6.45, 7) is 8.34. The van der Waals surface area contributed by atoms with Crippen LogP contribution in [0.15, 0.2) is 36.4 Å². The number of anilines is 1. The van der Waals surface area contributed by atoms with E-state index in [0.29, 0.717) is 37.0 Å². The number of nitrogens with zero attached hydrogens (tertiary/aromatic N) is 1. The normalized spacial score (nSPS) is 18.9. The second-order valence-corrected chi connectivity index (χ2v) is 9.24. The number of benzene rings is 2. The van der Waals surface area contributed by atoms with E-state index in [1.54, 1.807) is 18.1 Å². The number of amides is 1. The van der Waals surface area contributed by atoms with Gasteiger partial charge in [0.15, 0.2) is 0 Å². The molecule has 0 radical (unpaired) electrons. The van der Waals surface area contributed by atoms with E-state index in [9.17, 15) is 4.79 Å². The van der Waals surface area contributed by atoms with Crippen molar-refractivity contribution in [3.63, 3.8) is 0 Å². The summed E-state index contributed by atoms with van der Waals surface area (Å²) in [6, 6.07) is 10.9. The molecule has 1 saturated heterocycles. The van der Waals surface area contributed by atoms with Crippen LogP contribution in [0, 0.1) is 5.82 Å². The summed E-state index contributed by atoms with van der Waals surface area (Å²) in [5.74, 6) is 0.350. The van der Waals surface area contributed by atoms with Crippen LogP contribution in [0.2, 0.25) is 0 Å². The number of fused-ring (bicyclic) bond motifs is 1. The highest BCUT2D eigenvalue weighted by Gasteiger charge is 2.52. The molecule has 0 N–H and O–H groups in total. The Morgan fingerprint density at radius 1 is 1.16 bits per heavy atom. The Kier molecular flexibility index (Phi) is 5.60. The Labute approximate surface area is 183 Å². The van der Waals surface area contributed by atoms with Crippen molar-refractivity contribution >= 4 is 24.2 Å². The van der Waals surface area contributed by atoms with Crippen LogP contribution < -0.4 is 15.1 Å². The van der Waals surface area contributed by atoms with E-state index >= 15 is 4.39 Å². The molecule has 31 heavy (non-hydrogen) atoms. The number of carbonyl (C=O) groups is 1. The van der Waals surface area contributed by atoms with Gasteiger partial charge in [0, 0.05) is 24.1 Å². The lowest BCUT2D eigenvalue weighted by atomic mass is 9.77. The summed E-state index contributed by atoms with van der Waals surface area (Å²) in [4.78, 5) is 14.6. The number of rotatable bonds is 5. The summed E-state index contributed by atoms with van der Waals surface area (Å²) >= 11 is 0. The first-order valence-corrected chi connectivity index (χ1v) is 10.7. The van der Waals surface area contributed by atoms with Gasteiger partial charge >= 0.3 is 7.12 Å². The first kappa shape index (κ1) is 21.8. The van der Waals surface area contributed by atoms with Gasteiger partial charge < -0.3 is 18.9 Å². The zero-order chi connectivity index (χ0) is 22.4. The highest BCUT2D eigenvalue weighted by molar-refractivity contribution is 6.62. The number of halogens is 1. The summed E-state index contributed by atoms with van der Waals surface area (Å²) in [5, 5.41) is 0. The van der Waals surface area contributed by atoms with Crippen molar-refractivity contribution in [1.29, 1.82) is 0 Å². The molecule has 2 aliphatic heterocycles. The molecule has 4 rings (SSSR count). The molecular weight excluding hydrogens is 396 g/mol. The molecule has 0 saturated carbocycles. The van der Waals surface area contributed by atoms with Crippen LogP contribution in [-0.2, 0) is 26.9 Å². The summed E-state index contributed by atoms with van der Waals surface area (Å²) in [6.07, 6.45) is 1.65. The maximum Gasteiger partial charge on any atom is 0.497 e. The first-order valence-electron chi connectivity index (χ1n) is 10.7. The highest BCUT2D eigenvalue weighted by atomic mass is 19.1. The summed E-state index contributed by atoms with van der Waals surface area (Å²) < 4.78 is 32.3. The van der Waals surface area contributed by atoms with E-state index in [2.05, 4.69) is 0 Å². The molecule has 2 aromatic carbocycles. The summed E-state index contributed by atoms with van der Waals surface area (Å²) in [7, 11) is 0.866. The fourth-order valence-electron chi connectivity index (χ4n) is 4.05. The minimum Gasteiger partial charge on any atom is -0.497 e. The van der Waals surface area contributed by atoms with Gasteiger partial charge in [0.2, 0.25) is 5.91 Å². The van der Waals surface area contributed by atoms with E-state index in [0.717, 1.165) is 16.9 Å². The largest absolute Gasteiger partial charge is 0.497 e. The Morgan fingerprint density at radius 2 is 1.87 bits per heavy atom. The van der Waals surface area contributed by atoms with E-state index < -0.39 is 24.1 Å². The Morgan fingerprint density at radius 3 is 2.55 bits per heavy atom. The molecule has 0 bridgehead atoms. The third kappa shape index (κ3) is 4.09. The van der Waals surface area contributed by atoms with Crippen LogP contribution in [-0.4, -0.2) is 37.9 Å². The molecule has 164 valence electrons. The van der Waals surface area contributed by atoms with Gasteiger partial charge in [-0.15, -0.1) is 0 Å². The van der Waals surface area contributed by atoms with Crippen molar-refractivity contribution < 1.29 is 23.2 Å². The van der Waals surface area contributed by atoms with Crippen LogP contribution >= 0.6 is 0 Å². The number of hydrogen-bond donors (Lipinski definition) is 0. The van der Waals surface area contributed by atoms with Crippen LogP contribution in [0.1, 0.15) is 45.2 Å². The molecule has 0 aliphatic carbocycles. The van der Waals surface area contributed by atoms with Gasteiger partial charge in [-0.3, -0.25) is 4.79 Å². The molecule has 1 amide bonds. The third-order valence-corrected chi connectivity index (χ3v) is 6.66. The number of aryl methyl sites for hydroxylation is 1. The SMILES string of the molecule is COc1cccc(CCC(=O)N2CCc3cc(B4OC(C)(C)C(C)(C)O4)c(F)cc32)c1. The summed E-state index contributed by atoms with van der Waals surface area (Å²) in [5.41, 5.74) is 1.95. The number of carbonyl (C=O) groups excluding carboxylic acids is 1. The van der Waals surface area contributed by atoms with Gasteiger partial charge in [0.25, 0.3) is 0 Å². The van der Waals surface area contributed by atoms with E-state index in [1.807, 2.05) is 52.0 Å². The molecular formula is C24H29BFNO4. The molecule has 7 heteroatoms. The molecule has 2 heterocycles. The lowest BCUT2D eigenvalue weighted by Crippen LogP contribution is -2.41. The van der Waals surface area contributed by atoms with Gasteiger partial charge in [-0.1, -0.05) is 18.2 Å². The van der Waals surface area contributed by atoms with E-state index in [1.165, 1.54) is 6.07 Å². The van der Waals surface area contributed by atoms with Crippen molar-refractivity contribution in [3.05, 3.63) is 53.3 Å². The molecule has 0 atom stereocenters. The molecule has 1 fully saturated rings. The molecule has 0 unspecified atom stereocenters. The second-order valence-electron chi connectivity index (χ2n) is 9.24. The predicted molar refractivity (Wildman–Crippen MR) is 119 cm³/mol. The molecule has 2 aromatic rings. The Bertz CT molecular complexity index is 991. The fourth-order valence-corrected chi connectivity index (χ4v) is 4.05. The lowest BCUT2D eigenvalue weighted by molar-refractivity contribution is -0.118. The predicted octanol–water partition coefficient (Wildman–Crippen LogP) is 3.66. The smallest absolute Gasteiger partial charge is 0.497 e. The van der Waals surface area contributed by atoms with Crippen LogP contribution in [0.4, 0.5) is 10.1 Å². The number of methoxy groups -OCH3 is 1. The van der Waals surface area contributed by atoms with Crippen molar-refractivity contribution in [3.8, 4) is 5.75 Å². The van der Waals surface area contributed by atoms with Gasteiger partial charge in [0.1, 0.15) is 11.6 Å². The monoisotopic (exact) mass is 425 g/mol. The zero-order valence-electron chi connectivity index (χ0n) is 18.8. The fraction of sp³-hybridized carbons (Fsp3) is 0.458. The molecule has 2 aliphatic rings. The number of hydrogen-bond acceptors (Lipinski definition) is 4. The van der Waals surface area contributed by atoms with E-state index in [-0.39, 0.29) is 5.91 Å². The molecule has 0 aromatic heterocycles. The van der Waals surface area contributed by atoms with Crippen molar-refractivity contribution in [1.82, 2.24) is 0 Å². The van der Waals surface area contributed by atoms with Crippen molar-refractivity contribution in [2.45, 2.75) is 58.2 Å². The second kappa shape index (κ2) is 7.95. The maximum absolute atomic E-state index is 15.1. The first-order chi connectivity index (χ1) is 14.6. The van der Waals surface area contributed by atoms with Gasteiger partial charge in [-0.25, -0.2) is 4.39 Å². The maximum atomic E-state index is 15.1. The molecule has 5 nitrogen and oxygen atoms in total. The van der Waals surface area contributed by atoms with E-state index in [4.69, 9.17) is 14.0 Å². The van der Waals surface area contributed by atoms with Crippen molar-refractivity contribution in [2.24, 2.45) is 0 Å². The minimum atomic E-state index is -0.756. The van der Waals surface area contributed by atoms with Crippen LogP contribution in [0.25, 0.3) is 0 Å². The van der Waals surface area contributed by atoms with Crippen LogP contribution in [0.3, 0.4) is 0 Å². The highest BCUT2D eigenvalue weighted by Crippen LogP contribution is 2.37.